The molecular formula is C15H14BrNO2S. The molecule has 0 fully saturated rings. The van der Waals surface area contributed by atoms with Crippen LogP contribution in [0.15, 0.2) is 33.2 Å². The number of aromatic nitrogens is 1. The fourth-order valence-corrected chi connectivity index (χ4v) is 3.54. The van der Waals surface area contributed by atoms with Crippen LogP contribution in [0.3, 0.4) is 0 Å². The molecule has 0 spiro atoms. The fourth-order valence-electron chi connectivity index (χ4n) is 2.10. The van der Waals surface area contributed by atoms with Gasteiger partial charge in [0.05, 0.1) is 15.2 Å². The number of benzene rings is 1. The molecule has 1 N–H and O–H groups in total. The molecule has 0 bridgehead atoms. The Bertz CT molecular complexity index is 743. The van der Waals surface area contributed by atoms with E-state index in [0.29, 0.717) is 12.2 Å². The Balaban J connectivity index is 1.88. The van der Waals surface area contributed by atoms with Gasteiger partial charge in [-0.2, -0.15) is 0 Å². The van der Waals surface area contributed by atoms with Gasteiger partial charge in [0.1, 0.15) is 17.4 Å². The van der Waals surface area contributed by atoms with Crippen molar-refractivity contribution in [2.75, 3.05) is 0 Å². The lowest BCUT2D eigenvalue weighted by molar-refractivity contribution is 0.152. The molecule has 0 saturated heterocycles. The molecule has 2 aromatic heterocycles. The van der Waals surface area contributed by atoms with E-state index >= 15 is 0 Å². The van der Waals surface area contributed by atoms with E-state index in [1.54, 1.807) is 11.3 Å². The minimum atomic E-state index is -0.667. The molecule has 2 heterocycles. The first-order chi connectivity index (χ1) is 9.54. The van der Waals surface area contributed by atoms with Crippen LogP contribution in [-0.2, 0) is 6.42 Å². The predicted octanol–water partition coefficient (Wildman–Crippen LogP) is 4.54. The predicted molar refractivity (Wildman–Crippen MR) is 84.2 cm³/mol. The van der Waals surface area contributed by atoms with E-state index in [-0.39, 0.29) is 0 Å². The average molecular weight is 352 g/mol. The van der Waals surface area contributed by atoms with Crippen LogP contribution in [0.2, 0.25) is 0 Å². The van der Waals surface area contributed by atoms with Crippen LogP contribution < -0.4 is 0 Å². The number of aliphatic hydroxyl groups excluding tert-OH is 1. The Morgan fingerprint density at radius 1 is 1.40 bits per heavy atom. The zero-order chi connectivity index (χ0) is 14.3. The van der Waals surface area contributed by atoms with Crippen LogP contribution >= 0.6 is 27.3 Å². The van der Waals surface area contributed by atoms with Crippen molar-refractivity contribution in [1.82, 2.24) is 4.98 Å². The first-order valence-corrected chi connectivity index (χ1v) is 7.94. The third-order valence-corrected chi connectivity index (χ3v) is 5.00. The van der Waals surface area contributed by atoms with Gasteiger partial charge < -0.3 is 9.52 Å². The Hall–Kier alpha value is -1.17. The van der Waals surface area contributed by atoms with Gasteiger partial charge in [-0.15, -0.1) is 11.3 Å². The number of hydrogen-bond donors (Lipinski definition) is 1. The molecular weight excluding hydrogens is 338 g/mol. The Labute approximate surface area is 129 Å². The smallest absolute Gasteiger partial charge is 0.148 e. The highest BCUT2D eigenvalue weighted by atomic mass is 79.9. The van der Waals surface area contributed by atoms with Crippen molar-refractivity contribution < 1.29 is 9.52 Å². The van der Waals surface area contributed by atoms with Crippen molar-refractivity contribution in [3.05, 3.63) is 50.1 Å². The summed E-state index contributed by atoms with van der Waals surface area (Å²) in [5.74, 6) is 0.581. The largest absolute Gasteiger partial charge is 0.457 e. The fraction of sp³-hybridized carbons (Fsp3) is 0.267. The summed E-state index contributed by atoms with van der Waals surface area (Å²) in [4.78, 5) is 5.65. The summed E-state index contributed by atoms with van der Waals surface area (Å²) in [5, 5.41) is 12.2. The maximum absolute atomic E-state index is 10.3. The Morgan fingerprint density at radius 3 is 2.85 bits per heavy atom. The van der Waals surface area contributed by atoms with Gasteiger partial charge in [-0.05, 0) is 41.9 Å². The summed E-state index contributed by atoms with van der Waals surface area (Å²) in [7, 11) is 0. The maximum atomic E-state index is 10.3. The summed E-state index contributed by atoms with van der Waals surface area (Å²) in [6, 6.07) is 7.73. The summed E-state index contributed by atoms with van der Waals surface area (Å²) in [6.45, 7) is 4.03. The van der Waals surface area contributed by atoms with Crippen molar-refractivity contribution in [3.63, 3.8) is 0 Å². The van der Waals surface area contributed by atoms with E-state index in [1.807, 2.05) is 38.1 Å². The highest BCUT2D eigenvalue weighted by Gasteiger charge is 2.17. The van der Waals surface area contributed by atoms with Gasteiger partial charge in [0.15, 0.2) is 0 Å². The van der Waals surface area contributed by atoms with Gasteiger partial charge in [-0.1, -0.05) is 12.1 Å². The van der Waals surface area contributed by atoms with Crippen LogP contribution in [0.4, 0.5) is 0 Å². The standard InChI is InChI=1S/C15H14BrNO2S/c1-8-9(2)20-14(17-8)7-12(18)13-6-10-4-3-5-11(16)15(10)19-13/h3-6,12,18H,7H2,1-2H3. The third kappa shape index (κ3) is 2.53. The van der Waals surface area contributed by atoms with E-state index in [2.05, 4.69) is 20.9 Å². The molecule has 3 rings (SSSR count). The van der Waals surface area contributed by atoms with Crippen molar-refractivity contribution in [3.8, 4) is 0 Å². The van der Waals surface area contributed by atoms with E-state index in [4.69, 9.17) is 4.42 Å². The lowest BCUT2D eigenvalue weighted by Crippen LogP contribution is -1.99. The molecule has 3 nitrogen and oxygen atoms in total. The van der Waals surface area contributed by atoms with E-state index in [9.17, 15) is 5.11 Å². The third-order valence-electron chi connectivity index (χ3n) is 3.28. The number of halogens is 1. The van der Waals surface area contributed by atoms with E-state index in [1.165, 1.54) is 4.88 Å². The average Bonchev–Trinajstić information content (AvgIpc) is 2.95. The number of para-hydroxylation sites is 1. The second-order valence-electron chi connectivity index (χ2n) is 4.78. The molecule has 1 atom stereocenters. The lowest BCUT2D eigenvalue weighted by atomic mass is 10.2. The summed E-state index contributed by atoms with van der Waals surface area (Å²) >= 11 is 5.08. The van der Waals surface area contributed by atoms with Crippen LogP contribution in [-0.4, -0.2) is 10.1 Å². The number of fused-ring (bicyclic) bond motifs is 1. The Morgan fingerprint density at radius 2 is 2.20 bits per heavy atom. The molecule has 0 aliphatic heterocycles. The van der Waals surface area contributed by atoms with Crippen molar-refractivity contribution in [2.45, 2.75) is 26.4 Å². The highest BCUT2D eigenvalue weighted by molar-refractivity contribution is 9.10. The molecule has 0 aliphatic rings. The number of aliphatic hydroxyl groups is 1. The molecule has 20 heavy (non-hydrogen) atoms. The first-order valence-electron chi connectivity index (χ1n) is 6.33. The van der Waals surface area contributed by atoms with Gasteiger partial charge in [0.2, 0.25) is 0 Å². The number of hydrogen-bond acceptors (Lipinski definition) is 4. The number of thiazole rings is 1. The number of aryl methyl sites for hydroxylation is 2. The molecule has 0 radical (unpaired) electrons. The molecule has 104 valence electrons. The van der Waals surface area contributed by atoms with Crippen molar-refractivity contribution in [2.24, 2.45) is 0 Å². The normalized spacial score (nSPS) is 13.0. The van der Waals surface area contributed by atoms with Crippen LogP contribution in [0.5, 0.6) is 0 Å². The highest BCUT2D eigenvalue weighted by Crippen LogP contribution is 2.31. The van der Waals surface area contributed by atoms with Crippen LogP contribution in [0.1, 0.15) is 27.4 Å². The van der Waals surface area contributed by atoms with Crippen LogP contribution in [0, 0.1) is 13.8 Å². The summed E-state index contributed by atoms with van der Waals surface area (Å²) < 4.78 is 6.65. The van der Waals surface area contributed by atoms with Gasteiger partial charge in [0, 0.05) is 16.7 Å². The minimum absolute atomic E-state index is 0.483. The van der Waals surface area contributed by atoms with Gasteiger partial charge in [-0.3, -0.25) is 0 Å². The number of nitrogens with zero attached hydrogens (tertiary/aromatic N) is 1. The number of furan rings is 1. The van der Waals surface area contributed by atoms with E-state index in [0.717, 1.165) is 26.1 Å². The van der Waals surface area contributed by atoms with E-state index < -0.39 is 6.10 Å². The number of rotatable bonds is 3. The topological polar surface area (TPSA) is 46.3 Å². The van der Waals surface area contributed by atoms with Gasteiger partial charge >= 0.3 is 0 Å². The summed E-state index contributed by atoms with van der Waals surface area (Å²) in [6.07, 6.45) is -0.184. The van der Waals surface area contributed by atoms with Gasteiger partial charge in [0.25, 0.3) is 0 Å². The molecule has 3 aromatic rings. The Kier molecular flexibility index (Phi) is 3.67. The monoisotopic (exact) mass is 351 g/mol. The summed E-state index contributed by atoms with van der Waals surface area (Å²) in [5.41, 5.74) is 1.80. The van der Waals surface area contributed by atoms with Gasteiger partial charge in [-0.25, -0.2) is 4.98 Å². The molecule has 0 amide bonds. The lowest BCUT2D eigenvalue weighted by Gasteiger charge is -2.04. The molecule has 1 aromatic carbocycles. The second kappa shape index (κ2) is 5.31. The second-order valence-corrected chi connectivity index (χ2v) is 6.92. The first kappa shape index (κ1) is 13.8. The molecule has 1 unspecified atom stereocenters. The molecule has 5 heteroatoms. The molecule has 0 saturated carbocycles. The zero-order valence-corrected chi connectivity index (χ0v) is 13.6. The SMILES string of the molecule is Cc1nc(CC(O)c2cc3cccc(Br)c3o2)sc1C. The molecule has 0 aliphatic carbocycles. The quantitative estimate of drug-likeness (QED) is 0.753. The van der Waals surface area contributed by atoms with Crippen LogP contribution in [0.25, 0.3) is 11.0 Å². The van der Waals surface area contributed by atoms with Crippen molar-refractivity contribution >= 4 is 38.2 Å². The maximum Gasteiger partial charge on any atom is 0.148 e. The van der Waals surface area contributed by atoms with Crippen molar-refractivity contribution in [1.29, 1.82) is 0 Å². The minimum Gasteiger partial charge on any atom is -0.457 e. The zero-order valence-electron chi connectivity index (χ0n) is 11.2.